The van der Waals surface area contributed by atoms with E-state index in [4.69, 9.17) is 0 Å². The third-order valence-electron chi connectivity index (χ3n) is 3.57. The van der Waals surface area contributed by atoms with Crippen LogP contribution in [0, 0.1) is 0 Å². The van der Waals surface area contributed by atoms with Crippen LogP contribution < -0.4 is 10.6 Å². The molecule has 8 heteroatoms. The van der Waals surface area contributed by atoms with Crippen LogP contribution in [0.25, 0.3) is 0 Å². The molecule has 1 heterocycles. The van der Waals surface area contributed by atoms with Gasteiger partial charge in [0.15, 0.2) is 5.96 Å². The molecule has 0 aromatic rings. The van der Waals surface area contributed by atoms with Gasteiger partial charge in [-0.3, -0.25) is 9.89 Å². The number of alkyl halides is 3. The van der Waals surface area contributed by atoms with E-state index in [0.717, 1.165) is 19.6 Å². The molecule has 124 valence electrons. The molecule has 0 spiro atoms. The van der Waals surface area contributed by atoms with Crippen LogP contribution >= 0.6 is 0 Å². The van der Waals surface area contributed by atoms with Gasteiger partial charge >= 0.3 is 6.18 Å². The first-order chi connectivity index (χ1) is 9.84. The van der Waals surface area contributed by atoms with Crippen molar-refractivity contribution >= 4 is 5.96 Å². The minimum Gasteiger partial charge on any atom is -0.355 e. The highest BCUT2D eigenvalue weighted by Gasteiger charge is 2.34. The molecule has 0 radical (unpaired) electrons. The SMILES string of the molecule is CCN(C)CCNC(=NC)NC1CCN(CC(F)(F)F)C1. The number of guanidine groups is 1. The minimum atomic E-state index is -4.13. The Morgan fingerprint density at radius 3 is 2.71 bits per heavy atom. The van der Waals surface area contributed by atoms with Crippen molar-refractivity contribution < 1.29 is 13.2 Å². The average Bonchev–Trinajstić information content (AvgIpc) is 2.82. The van der Waals surface area contributed by atoms with Gasteiger partial charge < -0.3 is 15.5 Å². The summed E-state index contributed by atoms with van der Waals surface area (Å²) in [5.41, 5.74) is 0. The molecule has 1 atom stereocenters. The lowest BCUT2D eigenvalue weighted by Gasteiger charge is -2.20. The van der Waals surface area contributed by atoms with Gasteiger partial charge in [0.1, 0.15) is 0 Å². The molecule has 1 unspecified atom stereocenters. The Morgan fingerprint density at radius 1 is 1.43 bits per heavy atom. The third kappa shape index (κ3) is 7.52. The molecule has 1 aliphatic rings. The smallest absolute Gasteiger partial charge is 0.355 e. The summed E-state index contributed by atoms with van der Waals surface area (Å²) in [5, 5.41) is 6.37. The van der Waals surface area contributed by atoms with Crippen molar-refractivity contribution in [3.63, 3.8) is 0 Å². The second-order valence-electron chi connectivity index (χ2n) is 5.38. The second-order valence-corrected chi connectivity index (χ2v) is 5.38. The van der Waals surface area contributed by atoms with Crippen molar-refractivity contribution in [3.8, 4) is 0 Å². The summed E-state index contributed by atoms with van der Waals surface area (Å²) in [5.74, 6) is 0.651. The Balaban J connectivity index is 2.29. The summed E-state index contributed by atoms with van der Waals surface area (Å²) >= 11 is 0. The number of likely N-dealkylation sites (N-methyl/N-ethyl adjacent to an activating group) is 1. The summed E-state index contributed by atoms with van der Waals surface area (Å²) in [4.78, 5) is 7.70. The molecule has 0 aliphatic carbocycles. The van der Waals surface area contributed by atoms with Gasteiger partial charge in [-0.2, -0.15) is 13.2 Å². The molecule has 1 rings (SSSR count). The van der Waals surface area contributed by atoms with Crippen molar-refractivity contribution in [3.05, 3.63) is 0 Å². The summed E-state index contributed by atoms with van der Waals surface area (Å²) in [6, 6.07) is 0.0162. The van der Waals surface area contributed by atoms with Crippen LogP contribution in [0.3, 0.4) is 0 Å². The predicted octanol–water partition coefficient (Wildman–Crippen LogP) is 0.740. The number of hydrogen-bond acceptors (Lipinski definition) is 3. The van der Waals surface area contributed by atoms with E-state index in [1.54, 1.807) is 7.05 Å². The standard InChI is InChI=1S/C13H26F3N5/c1-4-20(3)8-6-18-12(17-2)19-11-5-7-21(9-11)10-13(14,15)16/h11H,4-10H2,1-3H3,(H2,17,18,19). The molecule has 0 amide bonds. The Hall–Kier alpha value is -1.02. The third-order valence-corrected chi connectivity index (χ3v) is 3.57. The lowest BCUT2D eigenvalue weighted by atomic mass is 10.3. The van der Waals surface area contributed by atoms with Crippen molar-refractivity contribution in [1.29, 1.82) is 0 Å². The summed E-state index contributed by atoms with van der Waals surface area (Å²) in [6.07, 6.45) is -3.43. The van der Waals surface area contributed by atoms with Crippen LogP contribution in [0.2, 0.25) is 0 Å². The maximum Gasteiger partial charge on any atom is 0.401 e. The normalized spacial score (nSPS) is 21.1. The summed E-state index contributed by atoms with van der Waals surface area (Å²) < 4.78 is 37.0. The molecule has 21 heavy (non-hydrogen) atoms. The van der Waals surface area contributed by atoms with Gasteiger partial charge in [0.2, 0.25) is 0 Å². The number of likely N-dealkylation sites (tertiary alicyclic amines) is 1. The molecule has 1 saturated heterocycles. The van der Waals surface area contributed by atoms with Crippen molar-refractivity contribution in [2.24, 2.45) is 4.99 Å². The molecular formula is C13H26F3N5. The zero-order valence-electron chi connectivity index (χ0n) is 13.0. The maximum absolute atomic E-state index is 12.3. The molecule has 1 aliphatic heterocycles. The van der Waals surface area contributed by atoms with Gasteiger partial charge in [-0.15, -0.1) is 0 Å². The molecular weight excluding hydrogens is 283 g/mol. The predicted molar refractivity (Wildman–Crippen MR) is 78.6 cm³/mol. The maximum atomic E-state index is 12.3. The number of hydrogen-bond donors (Lipinski definition) is 2. The van der Waals surface area contributed by atoms with Gasteiger partial charge in [-0.25, -0.2) is 0 Å². The Labute approximate surface area is 124 Å². The fourth-order valence-electron chi connectivity index (χ4n) is 2.26. The molecule has 0 bridgehead atoms. The first kappa shape index (κ1) is 18.0. The van der Waals surface area contributed by atoms with Gasteiger partial charge in [0.05, 0.1) is 6.54 Å². The highest BCUT2D eigenvalue weighted by atomic mass is 19.4. The van der Waals surface area contributed by atoms with Gasteiger partial charge in [0.25, 0.3) is 0 Å². The lowest BCUT2D eigenvalue weighted by Crippen LogP contribution is -2.46. The van der Waals surface area contributed by atoms with Crippen LogP contribution in [0.5, 0.6) is 0 Å². The molecule has 2 N–H and O–H groups in total. The number of aliphatic imine (C=N–C) groups is 1. The average molecular weight is 309 g/mol. The van der Waals surface area contributed by atoms with E-state index in [-0.39, 0.29) is 6.04 Å². The van der Waals surface area contributed by atoms with E-state index in [1.807, 2.05) is 7.05 Å². The first-order valence-corrected chi connectivity index (χ1v) is 7.29. The fraction of sp³-hybridized carbons (Fsp3) is 0.923. The number of nitrogens with zero attached hydrogens (tertiary/aromatic N) is 3. The first-order valence-electron chi connectivity index (χ1n) is 7.29. The quantitative estimate of drug-likeness (QED) is 0.561. The van der Waals surface area contributed by atoms with E-state index < -0.39 is 12.7 Å². The largest absolute Gasteiger partial charge is 0.401 e. The van der Waals surface area contributed by atoms with Crippen molar-refractivity contribution in [2.75, 3.05) is 53.4 Å². The monoisotopic (exact) mass is 309 g/mol. The number of nitrogens with one attached hydrogen (secondary N) is 2. The zero-order valence-corrected chi connectivity index (χ0v) is 13.0. The van der Waals surface area contributed by atoms with Crippen LogP contribution in [-0.4, -0.2) is 81.3 Å². The Morgan fingerprint density at radius 2 is 2.14 bits per heavy atom. The molecule has 5 nitrogen and oxygen atoms in total. The van der Waals surface area contributed by atoms with E-state index in [0.29, 0.717) is 25.5 Å². The van der Waals surface area contributed by atoms with Crippen LogP contribution in [0.1, 0.15) is 13.3 Å². The van der Waals surface area contributed by atoms with Crippen LogP contribution in [0.4, 0.5) is 13.2 Å². The van der Waals surface area contributed by atoms with E-state index in [9.17, 15) is 13.2 Å². The van der Waals surface area contributed by atoms with Gasteiger partial charge in [0, 0.05) is 39.3 Å². The van der Waals surface area contributed by atoms with Crippen molar-refractivity contribution in [1.82, 2.24) is 20.4 Å². The molecule has 1 fully saturated rings. The fourth-order valence-corrected chi connectivity index (χ4v) is 2.26. The summed E-state index contributed by atoms with van der Waals surface area (Å²) in [6.45, 7) is 4.73. The van der Waals surface area contributed by atoms with Crippen LogP contribution in [-0.2, 0) is 0 Å². The van der Waals surface area contributed by atoms with Gasteiger partial charge in [-0.1, -0.05) is 6.92 Å². The second kappa shape index (κ2) is 8.43. The number of rotatable bonds is 6. The minimum absolute atomic E-state index is 0.0162. The van der Waals surface area contributed by atoms with E-state index in [1.165, 1.54) is 4.90 Å². The van der Waals surface area contributed by atoms with E-state index in [2.05, 4.69) is 27.4 Å². The van der Waals surface area contributed by atoms with Gasteiger partial charge in [-0.05, 0) is 20.0 Å². The molecule has 0 aromatic heterocycles. The number of halogens is 3. The van der Waals surface area contributed by atoms with Crippen molar-refractivity contribution in [2.45, 2.75) is 25.6 Å². The lowest BCUT2D eigenvalue weighted by molar-refractivity contribution is -0.143. The molecule has 0 saturated carbocycles. The Kier molecular flexibility index (Phi) is 7.24. The van der Waals surface area contributed by atoms with Crippen LogP contribution in [0.15, 0.2) is 4.99 Å². The zero-order chi connectivity index (χ0) is 15.9. The highest BCUT2D eigenvalue weighted by molar-refractivity contribution is 5.80. The topological polar surface area (TPSA) is 42.9 Å². The molecule has 0 aromatic carbocycles. The summed E-state index contributed by atoms with van der Waals surface area (Å²) in [7, 11) is 3.70. The highest BCUT2D eigenvalue weighted by Crippen LogP contribution is 2.19. The van der Waals surface area contributed by atoms with E-state index >= 15 is 0 Å². The Bertz CT molecular complexity index is 332.